The number of benzene rings is 1. The van der Waals surface area contributed by atoms with Gasteiger partial charge in [-0.05, 0) is 19.5 Å². The van der Waals surface area contributed by atoms with Gasteiger partial charge in [-0.15, -0.1) is 0 Å². The standard InChI is InChI=1S/C13H15F5N2/c1-2-20(7-3-4-19-5-7)6-8-9(14)11(16)13(18)12(17)10(8)15/h7,19H,2-6H2,1H3. The molecule has 112 valence electrons. The Balaban J connectivity index is 2.32. The second kappa shape index (κ2) is 6.05. The second-order valence-corrected chi connectivity index (χ2v) is 4.76. The average molecular weight is 294 g/mol. The van der Waals surface area contributed by atoms with Crippen molar-refractivity contribution in [3.05, 3.63) is 34.6 Å². The molecule has 0 aliphatic carbocycles. The molecule has 1 heterocycles. The fourth-order valence-electron chi connectivity index (χ4n) is 2.44. The largest absolute Gasteiger partial charge is 0.315 e. The fourth-order valence-corrected chi connectivity index (χ4v) is 2.44. The first-order chi connectivity index (χ1) is 9.47. The Labute approximate surface area is 113 Å². The maximum atomic E-state index is 13.6. The van der Waals surface area contributed by atoms with E-state index in [1.807, 2.05) is 0 Å². The maximum absolute atomic E-state index is 13.6. The number of rotatable bonds is 4. The average Bonchev–Trinajstić information content (AvgIpc) is 2.97. The molecule has 7 heteroatoms. The van der Waals surface area contributed by atoms with Crippen LogP contribution in [-0.4, -0.2) is 30.6 Å². The molecular weight excluding hydrogens is 279 g/mol. The van der Waals surface area contributed by atoms with Gasteiger partial charge in [0.05, 0.1) is 0 Å². The van der Waals surface area contributed by atoms with E-state index in [4.69, 9.17) is 0 Å². The Morgan fingerprint density at radius 1 is 1.00 bits per heavy atom. The summed E-state index contributed by atoms with van der Waals surface area (Å²) in [6, 6.07) is 0.0370. The molecule has 0 bridgehead atoms. The van der Waals surface area contributed by atoms with Gasteiger partial charge in [-0.2, -0.15) is 0 Å². The molecule has 0 aromatic heterocycles. The molecule has 1 aromatic rings. The molecule has 1 atom stereocenters. The van der Waals surface area contributed by atoms with Gasteiger partial charge in [0, 0.05) is 24.7 Å². The summed E-state index contributed by atoms with van der Waals surface area (Å²) < 4.78 is 66.5. The van der Waals surface area contributed by atoms with Crippen molar-refractivity contribution in [1.29, 1.82) is 0 Å². The van der Waals surface area contributed by atoms with Gasteiger partial charge in [0.1, 0.15) is 0 Å². The van der Waals surface area contributed by atoms with Crippen molar-refractivity contribution in [1.82, 2.24) is 10.2 Å². The first-order valence-electron chi connectivity index (χ1n) is 6.42. The van der Waals surface area contributed by atoms with E-state index in [-0.39, 0.29) is 12.6 Å². The number of hydrogen-bond donors (Lipinski definition) is 1. The summed E-state index contributed by atoms with van der Waals surface area (Å²) in [7, 11) is 0. The summed E-state index contributed by atoms with van der Waals surface area (Å²) in [6.45, 7) is 3.37. The normalized spacial score (nSPS) is 19.1. The Kier molecular flexibility index (Phi) is 4.59. The summed E-state index contributed by atoms with van der Waals surface area (Å²) in [4.78, 5) is 1.71. The van der Waals surface area contributed by atoms with Gasteiger partial charge in [-0.1, -0.05) is 6.92 Å². The Morgan fingerprint density at radius 2 is 1.55 bits per heavy atom. The Hall–Kier alpha value is -1.21. The van der Waals surface area contributed by atoms with E-state index in [2.05, 4.69) is 5.32 Å². The van der Waals surface area contributed by atoms with Crippen molar-refractivity contribution < 1.29 is 22.0 Å². The summed E-state index contributed by atoms with van der Waals surface area (Å²) >= 11 is 0. The van der Waals surface area contributed by atoms with Crippen molar-refractivity contribution in [3.8, 4) is 0 Å². The lowest BCUT2D eigenvalue weighted by atomic mass is 10.1. The summed E-state index contributed by atoms with van der Waals surface area (Å²) in [5.41, 5.74) is -0.768. The van der Waals surface area contributed by atoms with Crippen LogP contribution in [0.15, 0.2) is 0 Å². The number of hydrogen-bond acceptors (Lipinski definition) is 2. The predicted octanol–water partition coefficient (Wildman–Crippen LogP) is 2.57. The minimum atomic E-state index is -2.12. The molecule has 2 rings (SSSR count). The van der Waals surface area contributed by atoms with Crippen LogP contribution in [0.1, 0.15) is 18.9 Å². The first kappa shape index (κ1) is 15.2. The highest BCUT2D eigenvalue weighted by molar-refractivity contribution is 5.24. The van der Waals surface area contributed by atoms with Crippen LogP contribution in [-0.2, 0) is 6.54 Å². The lowest BCUT2D eigenvalue weighted by Gasteiger charge is -2.27. The molecule has 2 nitrogen and oxygen atoms in total. The van der Waals surface area contributed by atoms with Crippen LogP contribution in [0, 0.1) is 29.1 Å². The predicted molar refractivity (Wildman–Crippen MR) is 63.6 cm³/mol. The van der Waals surface area contributed by atoms with Crippen LogP contribution < -0.4 is 5.32 Å². The summed E-state index contributed by atoms with van der Waals surface area (Å²) in [5, 5.41) is 3.10. The van der Waals surface area contributed by atoms with Gasteiger partial charge in [-0.3, -0.25) is 4.90 Å². The van der Waals surface area contributed by atoms with E-state index >= 15 is 0 Å². The van der Waals surface area contributed by atoms with Crippen molar-refractivity contribution in [3.63, 3.8) is 0 Å². The SMILES string of the molecule is CCN(Cc1c(F)c(F)c(F)c(F)c1F)C1CCNC1. The highest BCUT2D eigenvalue weighted by atomic mass is 19.2. The lowest BCUT2D eigenvalue weighted by molar-refractivity contribution is 0.201. The number of nitrogens with zero attached hydrogens (tertiary/aromatic N) is 1. The van der Waals surface area contributed by atoms with Crippen molar-refractivity contribution in [2.45, 2.75) is 25.9 Å². The maximum Gasteiger partial charge on any atom is 0.200 e. The van der Waals surface area contributed by atoms with E-state index in [0.717, 1.165) is 13.0 Å². The highest BCUT2D eigenvalue weighted by Gasteiger charge is 2.29. The smallest absolute Gasteiger partial charge is 0.200 e. The van der Waals surface area contributed by atoms with Gasteiger partial charge >= 0.3 is 0 Å². The summed E-state index contributed by atoms with van der Waals surface area (Å²) in [6.07, 6.45) is 0.781. The Bertz CT molecular complexity index is 471. The third-order valence-corrected chi connectivity index (χ3v) is 3.62. The van der Waals surface area contributed by atoms with Gasteiger partial charge in [0.25, 0.3) is 0 Å². The molecule has 0 spiro atoms. The van der Waals surface area contributed by atoms with Crippen LogP contribution in [0.2, 0.25) is 0 Å². The third kappa shape index (κ3) is 2.64. The zero-order valence-electron chi connectivity index (χ0n) is 10.9. The quantitative estimate of drug-likeness (QED) is 0.521. The second-order valence-electron chi connectivity index (χ2n) is 4.76. The van der Waals surface area contributed by atoms with E-state index in [9.17, 15) is 22.0 Å². The molecule has 1 saturated heterocycles. The molecule has 1 aliphatic rings. The zero-order valence-corrected chi connectivity index (χ0v) is 10.9. The highest BCUT2D eigenvalue weighted by Crippen LogP contribution is 2.25. The van der Waals surface area contributed by atoms with Crippen LogP contribution in [0.4, 0.5) is 22.0 Å². The van der Waals surface area contributed by atoms with Crippen molar-refractivity contribution >= 4 is 0 Å². The molecule has 0 saturated carbocycles. The van der Waals surface area contributed by atoms with E-state index in [0.29, 0.717) is 13.1 Å². The van der Waals surface area contributed by atoms with Crippen LogP contribution in [0.5, 0.6) is 0 Å². The van der Waals surface area contributed by atoms with Gasteiger partial charge in [-0.25, -0.2) is 22.0 Å². The summed E-state index contributed by atoms with van der Waals surface area (Å²) in [5.74, 6) is -9.38. The monoisotopic (exact) mass is 294 g/mol. The Morgan fingerprint density at radius 3 is 2.00 bits per heavy atom. The van der Waals surface area contributed by atoms with Gasteiger partial charge in [0.15, 0.2) is 23.3 Å². The molecule has 0 amide bonds. The van der Waals surface area contributed by atoms with Crippen molar-refractivity contribution in [2.75, 3.05) is 19.6 Å². The fraction of sp³-hybridized carbons (Fsp3) is 0.538. The van der Waals surface area contributed by atoms with Crippen LogP contribution >= 0.6 is 0 Å². The molecule has 20 heavy (non-hydrogen) atoms. The van der Waals surface area contributed by atoms with E-state index < -0.39 is 34.6 Å². The van der Waals surface area contributed by atoms with Crippen LogP contribution in [0.3, 0.4) is 0 Å². The first-order valence-corrected chi connectivity index (χ1v) is 6.42. The molecule has 1 unspecified atom stereocenters. The zero-order chi connectivity index (χ0) is 14.9. The molecule has 1 fully saturated rings. The molecule has 1 aliphatic heterocycles. The minimum absolute atomic E-state index is 0.0370. The molecule has 1 N–H and O–H groups in total. The topological polar surface area (TPSA) is 15.3 Å². The third-order valence-electron chi connectivity index (χ3n) is 3.62. The van der Waals surface area contributed by atoms with Crippen molar-refractivity contribution in [2.24, 2.45) is 0 Å². The molecule has 1 aromatic carbocycles. The van der Waals surface area contributed by atoms with E-state index in [1.54, 1.807) is 11.8 Å². The van der Waals surface area contributed by atoms with Crippen LogP contribution in [0.25, 0.3) is 0 Å². The number of nitrogens with one attached hydrogen (secondary N) is 1. The van der Waals surface area contributed by atoms with Gasteiger partial charge < -0.3 is 5.32 Å². The number of halogens is 5. The van der Waals surface area contributed by atoms with E-state index in [1.165, 1.54) is 0 Å². The number of likely N-dealkylation sites (N-methyl/N-ethyl adjacent to an activating group) is 1. The van der Waals surface area contributed by atoms with Gasteiger partial charge in [0.2, 0.25) is 5.82 Å². The lowest BCUT2D eigenvalue weighted by Crippen LogP contribution is -2.37. The molecule has 0 radical (unpaired) electrons. The minimum Gasteiger partial charge on any atom is -0.315 e. The molecular formula is C13H15F5N2.